The van der Waals surface area contributed by atoms with Crippen LogP contribution < -0.4 is 0 Å². The van der Waals surface area contributed by atoms with Gasteiger partial charge in [-0.25, -0.2) is 0 Å². The fraction of sp³-hybridized carbons (Fsp3) is 0.769. The summed E-state index contributed by atoms with van der Waals surface area (Å²) in [7, 11) is 0. The zero-order chi connectivity index (χ0) is 12.8. The maximum Gasteiger partial charge on any atom is 0.184 e. The Bertz CT molecular complexity index is 383. The van der Waals surface area contributed by atoms with Crippen LogP contribution in [0.3, 0.4) is 0 Å². The van der Waals surface area contributed by atoms with Crippen LogP contribution in [0.15, 0.2) is 6.20 Å². The number of hydrogen-bond acceptors (Lipinski definition) is 4. The Labute approximate surface area is 108 Å². The Morgan fingerprint density at radius 3 is 3.22 bits per heavy atom. The second-order valence-electron chi connectivity index (χ2n) is 4.91. The third kappa shape index (κ3) is 3.63. The van der Waals surface area contributed by atoms with E-state index in [4.69, 9.17) is 4.74 Å². The molecule has 5 heteroatoms. The van der Waals surface area contributed by atoms with Gasteiger partial charge >= 0.3 is 0 Å². The molecule has 0 amide bonds. The van der Waals surface area contributed by atoms with Crippen molar-refractivity contribution in [3.63, 3.8) is 0 Å². The lowest BCUT2D eigenvalue weighted by Crippen LogP contribution is -2.05. The summed E-state index contributed by atoms with van der Waals surface area (Å²) < 4.78 is 7.06. The molecular weight excluding hydrogens is 230 g/mol. The molecule has 0 saturated carbocycles. The summed E-state index contributed by atoms with van der Waals surface area (Å²) in [4.78, 5) is 11.9. The van der Waals surface area contributed by atoms with Gasteiger partial charge in [0.25, 0.3) is 0 Å². The zero-order valence-corrected chi connectivity index (χ0v) is 11.0. The molecule has 100 valence electrons. The number of carbonyl (C=O) groups excluding carboxylic acids is 1. The van der Waals surface area contributed by atoms with Gasteiger partial charge in [-0.05, 0) is 25.2 Å². The summed E-state index contributed by atoms with van der Waals surface area (Å²) in [6, 6.07) is 0. The van der Waals surface area contributed by atoms with E-state index in [0.717, 1.165) is 45.4 Å². The van der Waals surface area contributed by atoms with Crippen LogP contribution in [0.2, 0.25) is 0 Å². The highest BCUT2D eigenvalue weighted by Crippen LogP contribution is 2.19. The van der Waals surface area contributed by atoms with Crippen LogP contribution in [-0.4, -0.2) is 34.0 Å². The normalized spacial score (nSPS) is 19.3. The van der Waals surface area contributed by atoms with Gasteiger partial charge in [0, 0.05) is 26.2 Å². The van der Waals surface area contributed by atoms with Crippen molar-refractivity contribution in [2.24, 2.45) is 5.92 Å². The van der Waals surface area contributed by atoms with Crippen LogP contribution in [-0.2, 0) is 11.3 Å². The van der Waals surface area contributed by atoms with E-state index in [1.165, 1.54) is 0 Å². The monoisotopic (exact) mass is 251 g/mol. The highest BCUT2D eigenvalue weighted by Gasteiger charge is 2.18. The molecule has 1 aliphatic heterocycles. The zero-order valence-electron chi connectivity index (χ0n) is 11.0. The number of aromatic nitrogens is 3. The van der Waals surface area contributed by atoms with E-state index in [0.29, 0.717) is 18.0 Å². The van der Waals surface area contributed by atoms with Crippen LogP contribution in [0, 0.1) is 5.92 Å². The van der Waals surface area contributed by atoms with Gasteiger partial charge in [0.1, 0.15) is 5.69 Å². The lowest BCUT2D eigenvalue weighted by Gasteiger charge is -2.04. The molecule has 2 heterocycles. The summed E-state index contributed by atoms with van der Waals surface area (Å²) >= 11 is 0. The number of ether oxygens (including phenoxy) is 1. The summed E-state index contributed by atoms with van der Waals surface area (Å²) in [5.41, 5.74) is 0.505. The number of unbranched alkanes of at least 4 members (excludes halogenated alkanes) is 1. The van der Waals surface area contributed by atoms with Crippen molar-refractivity contribution in [1.29, 1.82) is 0 Å². The van der Waals surface area contributed by atoms with E-state index in [-0.39, 0.29) is 5.78 Å². The number of aryl methyl sites for hydroxylation is 1. The van der Waals surface area contributed by atoms with Crippen molar-refractivity contribution in [2.75, 3.05) is 13.2 Å². The van der Waals surface area contributed by atoms with Gasteiger partial charge in [0.2, 0.25) is 0 Å². The van der Waals surface area contributed by atoms with Crippen LogP contribution in [0.4, 0.5) is 0 Å². The predicted molar refractivity (Wildman–Crippen MR) is 67.4 cm³/mol. The van der Waals surface area contributed by atoms with Crippen molar-refractivity contribution in [3.8, 4) is 0 Å². The largest absolute Gasteiger partial charge is 0.381 e. The second kappa shape index (κ2) is 6.64. The van der Waals surface area contributed by atoms with E-state index < -0.39 is 0 Å². The number of carbonyl (C=O) groups is 1. The van der Waals surface area contributed by atoms with Gasteiger partial charge in [0.05, 0.1) is 6.20 Å². The third-order valence-electron chi connectivity index (χ3n) is 3.37. The minimum absolute atomic E-state index is 0.102. The Hall–Kier alpha value is -1.23. The number of hydrogen-bond donors (Lipinski definition) is 0. The fourth-order valence-corrected chi connectivity index (χ4v) is 2.13. The van der Waals surface area contributed by atoms with Crippen molar-refractivity contribution in [1.82, 2.24) is 15.0 Å². The molecule has 0 bridgehead atoms. The van der Waals surface area contributed by atoms with E-state index in [2.05, 4.69) is 17.2 Å². The van der Waals surface area contributed by atoms with Gasteiger partial charge in [-0.2, -0.15) is 0 Å². The minimum atomic E-state index is 0.102. The Balaban J connectivity index is 1.78. The van der Waals surface area contributed by atoms with Crippen molar-refractivity contribution in [3.05, 3.63) is 11.9 Å². The van der Waals surface area contributed by atoms with Gasteiger partial charge < -0.3 is 4.74 Å². The molecule has 1 aromatic heterocycles. The van der Waals surface area contributed by atoms with Gasteiger partial charge in [-0.15, -0.1) is 5.10 Å². The highest BCUT2D eigenvalue weighted by molar-refractivity contribution is 5.93. The molecule has 1 saturated heterocycles. The molecule has 0 spiro atoms. The number of Topliss-reactive ketones (excluding diaryl/α,β-unsaturated/α-hetero) is 1. The summed E-state index contributed by atoms with van der Waals surface area (Å²) in [5, 5.41) is 7.92. The van der Waals surface area contributed by atoms with Crippen molar-refractivity contribution < 1.29 is 9.53 Å². The molecule has 1 aliphatic rings. The molecule has 0 aliphatic carbocycles. The lowest BCUT2D eigenvalue weighted by atomic mass is 10.0. The quantitative estimate of drug-likeness (QED) is 0.696. The van der Waals surface area contributed by atoms with Crippen LogP contribution in [0.5, 0.6) is 0 Å². The lowest BCUT2D eigenvalue weighted by molar-refractivity contribution is 0.0966. The Morgan fingerprint density at radius 1 is 1.61 bits per heavy atom. The van der Waals surface area contributed by atoms with Crippen molar-refractivity contribution >= 4 is 5.78 Å². The first-order chi connectivity index (χ1) is 8.79. The Kier molecular flexibility index (Phi) is 4.87. The predicted octanol–water partition coefficient (Wildman–Crippen LogP) is 2.08. The summed E-state index contributed by atoms with van der Waals surface area (Å²) in [5.74, 6) is 0.647. The SMILES string of the molecule is CCCCn1cc(C(=O)CCC2CCOC2)nn1. The van der Waals surface area contributed by atoms with Crippen LogP contribution in [0.25, 0.3) is 0 Å². The average Bonchev–Trinajstić information content (AvgIpc) is 3.04. The molecule has 0 radical (unpaired) electrons. The van der Waals surface area contributed by atoms with Gasteiger partial charge in [-0.3, -0.25) is 9.48 Å². The first kappa shape index (κ1) is 13.2. The standard InChI is InChI=1S/C13H21N3O2/c1-2-3-7-16-9-12(14-15-16)13(17)5-4-11-6-8-18-10-11/h9,11H,2-8,10H2,1H3. The number of ketones is 1. The van der Waals surface area contributed by atoms with E-state index in [1.54, 1.807) is 10.9 Å². The van der Waals surface area contributed by atoms with Gasteiger partial charge in [-0.1, -0.05) is 18.6 Å². The average molecular weight is 251 g/mol. The van der Waals surface area contributed by atoms with Gasteiger partial charge in [0.15, 0.2) is 5.78 Å². The topological polar surface area (TPSA) is 57.0 Å². The van der Waals surface area contributed by atoms with Crippen molar-refractivity contribution in [2.45, 2.75) is 45.6 Å². The molecule has 1 atom stereocenters. The number of rotatable bonds is 7. The second-order valence-corrected chi connectivity index (χ2v) is 4.91. The van der Waals surface area contributed by atoms with E-state index in [1.807, 2.05) is 0 Å². The van der Waals surface area contributed by atoms with Crippen LogP contribution in [0.1, 0.15) is 49.5 Å². The Morgan fingerprint density at radius 2 is 2.50 bits per heavy atom. The first-order valence-electron chi connectivity index (χ1n) is 6.80. The molecule has 18 heavy (non-hydrogen) atoms. The molecule has 0 aromatic carbocycles. The third-order valence-corrected chi connectivity index (χ3v) is 3.37. The molecule has 1 aromatic rings. The molecule has 1 unspecified atom stereocenters. The summed E-state index contributed by atoms with van der Waals surface area (Å²) in [6.45, 7) is 4.61. The van der Waals surface area contributed by atoms with Crippen LogP contribution >= 0.6 is 0 Å². The molecule has 0 N–H and O–H groups in total. The molecular formula is C13H21N3O2. The maximum absolute atomic E-state index is 11.9. The fourth-order valence-electron chi connectivity index (χ4n) is 2.13. The smallest absolute Gasteiger partial charge is 0.184 e. The summed E-state index contributed by atoms with van der Waals surface area (Å²) in [6.07, 6.45) is 6.49. The molecule has 2 rings (SSSR count). The van der Waals surface area contributed by atoms with E-state index in [9.17, 15) is 4.79 Å². The minimum Gasteiger partial charge on any atom is -0.381 e. The first-order valence-corrected chi connectivity index (χ1v) is 6.80. The highest BCUT2D eigenvalue weighted by atomic mass is 16.5. The maximum atomic E-state index is 11.9. The number of nitrogens with zero attached hydrogens (tertiary/aromatic N) is 3. The van der Waals surface area contributed by atoms with E-state index >= 15 is 0 Å². The molecule has 1 fully saturated rings. The molecule has 5 nitrogen and oxygen atoms in total.